The minimum absolute atomic E-state index is 0.0712. The van der Waals surface area contributed by atoms with Gasteiger partial charge in [-0.25, -0.2) is 8.78 Å². The molecule has 2 aromatic carbocycles. The highest BCUT2D eigenvalue weighted by Gasteiger charge is 2.14. The number of nitrogens with one attached hydrogen (secondary N) is 1. The summed E-state index contributed by atoms with van der Waals surface area (Å²) in [5, 5.41) is 2.56. The van der Waals surface area contributed by atoms with Crippen molar-refractivity contribution < 1.29 is 13.6 Å². The van der Waals surface area contributed by atoms with Gasteiger partial charge in [-0.15, -0.1) is 0 Å². The molecule has 0 saturated carbocycles. The molecular weight excluding hydrogens is 316 g/mol. The zero-order chi connectivity index (χ0) is 14.0. The highest BCUT2D eigenvalue weighted by atomic mass is 79.9. The maximum Gasteiger partial charge on any atom is 0.258 e. The Balaban J connectivity index is 2.28. The number of rotatable bonds is 2. The van der Waals surface area contributed by atoms with Crippen molar-refractivity contribution in [2.45, 2.75) is 6.92 Å². The Labute approximate surface area is 117 Å². The fourth-order valence-corrected chi connectivity index (χ4v) is 2.00. The average Bonchev–Trinajstić information content (AvgIpc) is 2.36. The quantitative estimate of drug-likeness (QED) is 0.876. The Morgan fingerprint density at radius 3 is 2.63 bits per heavy atom. The molecule has 1 amide bonds. The summed E-state index contributed by atoms with van der Waals surface area (Å²) in [6, 6.07) is 8.44. The average molecular weight is 326 g/mol. The second-order valence-corrected chi connectivity index (χ2v) is 4.87. The standard InChI is InChI=1S/C14H10BrF2NO/c1-8-7-9(16)5-6-12(8)18-14(19)10-3-2-4-11(15)13(10)17/h2-7H,1H3,(H,18,19). The lowest BCUT2D eigenvalue weighted by Gasteiger charge is -2.09. The number of hydrogen-bond acceptors (Lipinski definition) is 1. The van der Waals surface area contributed by atoms with Crippen LogP contribution in [0.4, 0.5) is 14.5 Å². The van der Waals surface area contributed by atoms with Gasteiger partial charge in [0.2, 0.25) is 0 Å². The molecule has 5 heteroatoms. The van der Waals surface area contributed by atoms with Crippen LogP contribution in [0.5, 0.6) is 0 Å². The third-order valence-corrected chi connectivity index (χ3v) is 3.25. The van der Waals surface area contributed by atoms with Gasteiger partial charge in [-0.2, -0.15) is 0 Å². The van der Waals surface area contributed by atoms with E-state index in [2.05, 4.69) is 21.2 Å². The van der Waals surface area contributed by atoms with E-state index in [1.165, 1.54) is 30.3 Å². The van der Waals surface area contributed by atoms with Gasteiger partial charge in [0.1, 0.15) is 11.6 Å². The van der Waals surface area contributed by atoms with E-state index >= 15 is 0 Å². The molecule has 98 valence electrons. The van der Waals surface area contributed by atoms with Crippen LogP contribution in [0.1, 0.15) is 15.9 Å². The van der Waals surface area contributed by atoms with Crippen molar-refractivity contribution in [3.63, 3.8) is 0 Å². The summed E-state index contributed by atoms with van der Waals surface area (Å²) in [5.41, 5.74) is 0.952. The molecule has 0 unspecified atom stereocenters. The summed E-state index contributed by atoms with van der Waals surface area (Å²) >= 11 is 3.02. The van der Waals surface area contributed by atoms with Crippen molar-refractivity contribution in [2.24, 2.45) is 0 Å². The Morgan fingerprint density at radius 1 is 1.21 bits per heavy atom. The van der Waals surface area contributed by atoms with Gasteiger partial charge in [0.25, 0.3) is 5.91 Å². The first kappa shape index (κ1) is 13.7. The third-order valence-electron chi connectivity index (χ3n) is 2.63. The largest absolute Gasteiger partial charge is 0.322 e. The zero-order valence-corrected chi connectivity index (χ0v) is 11.6. The first-order chi connectivity index (χ1) is 8.99. The van der Waals surface area contributed by atoms with Crippen molar-refractivity contribution >= 4 is 27.5 Å². The van der Waals surface area contributed by atoms with Gasteiger partial charge in [0.15, 0.2) is 0 Å². The molecular formula is C14H10BrF2NO. The molecule has 2 nitrogen and oxygen atoms in total. The van der Waals surface area contributed by atoms with Crippen LogP contribution in [0.2, 0.25) is 0 Å². The van der Waals surface area contributed by atoms with Crippen molar-refractivity contribution in [1.29, 1.82) is 0 Å². The van der Waals surface area contributed by atoms with E-state index in [1.807, 2.05) is 0 Å². The van der Waals surface area contributed by atoms with Crippen LogP contribution in [0, 0.1) is 18.6 Å². The summed E-state index contributed by atoms with van der Waals surface area (Å²) in [6.45, 7) is 1.66. The van der Waals surface area contributed by atoms with Gasteiger partial charge in [-0.05, 0) is 58.7 Å². The molecule has 0 aliphatic rings. The second-order valence-electron chi connectivity index (χ2n) is 4.01. The number of aryl methyl sites for hydroxylation is 1. The number of carbonyl (C=O) groups is 1. The van der Waals surface area contributed by atoms with Crippen molar-refractivity contribution in [1.82, 2.24) is 0 Å². The molecule has 0 bridgehead atoms. The van der Waals surface area contributed by atoms with Gasteiger partial charge < -0.3 is 5.32 Å². The number of amides is 1. The van der Waals surface area contributed by atoms with Gasteiger partial charge in [0.05, 0.1) is 10.0 Å². The summed E-state index contributed by atoms with van der Waals surface area (Å²) in [7, 11) is 0. The first-order valence-electron chi connectivity index (χ1n) is 5.50. The van der Waals surface area contributed by atoms with E-state index < -0.39 is 11.7 Å². The smallest absolute Gasteiger partial charge is 0.258 e. The topological polar surface area (TPSA) is 29.1 Å². The fourth-order valence-electron chi connectivity index (χ4n) is 1.64. The molecule has 19 heavy (non-hydrogen) atoms. The number of halogens is 3. The van der Waals surface area contributed by atoms with Gasteiger partial charge in [-0.3, -0.25) is 4.79 Å². The van der Waals surface area contributed by atoms with Crippen molar-refractivity contribution in [3.8, 4) is 0 Å². The molecule has 1 N–H and O–H groups in total. The maximum atomic E-state index is 13.8. The number of hydrogen-bond donors (Lipinski definition) is 1. The summed E-state index contributed by atoms with van der Waals surface area (Å²) in [4.78, 5) is 12.0. The summed E-state index contributed by atoms with van der Waals surface area (Å²) in [5.74, 6) is -1.59. The van der Waals surface area contributed by atoms with Crippen LogP contribution in [0.25, 0.3) is 0 Å². The molecule has 2 aromatic rings. The monoisotopic (exact) mass is 325 g/mol. The van der Waals surface area contributed by atoms with E-state index in [4.69, 9.17) is 0 Å². The highest BCUT2D eigenvalue weighted by molar-refractivity contribution is 9.10. The second kappa shape index (κ2) is 5.48. The molecule has 0 aromatic heterocycles. The molecule has 0 aliphatic carbocycles. The Bertz CT molecular complexity index is 643. The molecule has 0 fully saturated rings. The van der Waals surface area contributed by atoms with Crippen LogP contribution in [-0.4, -0.2) is 5.91 Å². The summed E-state index contributed by atoms with van der Waals surface area (Å²) in [6.07, 6.45) is 0. The van der Waals surface area contributed by atoms with Gasteiger partial charge >= 0.3 is 0 Å². The van der Waals surface area contributed by atoms with Crippen molar-refractivity contribution in [2.75, 3.05) is 5.32 Å². The third kappa shape index (κ3) is 2.98. The number of benzene rings is 2. The van der Waals surface area contributed by atoms with Crippen molar-refractivity contribution in [3.05, 3.63) is 63.6 Å². The normalized spacial score (nSPS) is 10.3. The highest BCUT2D eigenvalue weighted by Crippen LogP contribution is 2.21. The number of anilines is 1. The van der Waals surface area contributed by atoms with Crippen LogP contribution >= 0.6 is 15.9 Å². The zero-order valence-electron chi connectivity index (χ0n) is 10.0. The van der Waals surface area contributed by atoms with Crippen LogP contribution < -0.4 is 5.32 Å². The van der Waals surface area contributed by atoms with Crippen LogP contribution in [0.3, 0.4) is 0 Å². The Hall–Kier alpha value is -1.75. The molecule has 0 heterocycles. The van der Waals surface area contributed by atoms with E-state index in [1.54, 1.807) is 13.0 Å². The SMILES string of the molecule is Cc1cc(F)ccc1NC(=O)c1cccc(Br)c1F. The minimum atomic E-state index is -0.625. The van der Waals surface area contributed by atoms with E-state index in [-0.39, 0.29) is 15.9 Å². The fraction of sp³-hybridized carbons (Fsp3) is 0.0714. The minimum Gasteiger partial charge on any atom is -0.322 e. The first-order valence-corrected chi connectivity index (χ1v) is 6.30. The Morgan fingerprint density at radius 2 is 1.95 bits per heavy atom. The summed E-state index contributed by atoms with van der Waals surface area (Å²) < 4.78 is 26.9. The van der Waals surface area contributed by atoms with E-state index in [0.29, 0.717) is 11.3 Å². The predicted molar refractivity (Wildman–Crippen MR) is 73.2 cm³/mol. The maximum absolute atomic E-state index is 13.8. The molecule has 0 atom stereocenters. The lowest BCUT2D eigenvalue weighted by Crippen LogP contribution is -2.14. The van der Waals surface area contributed by atoms with Crippen LogP contribution in [0.15, 0.2) is 40.9 Å². The molecule has 0 saturated heterocycles. The van der Waals surface area contributed by atoms with E-state index in [9.17, 15) is 13.6 Å². The van der Waals surface area contributed by atoms with Crippen LogP contribution in [-0.2, 0) is 0 Å². The lowest BCUT2D eigenvalue weighted by molar-refractivity contribution is 0.102. The molecule has 0 aliphatic heterocycles. The molecule has 0 radical (unpaired) electrons. The predicted octanol–water partition coefficient (Wildman–Crippen LogP) is 4.29. The van der Waals surface area contributed by atoms with Gasteiger partial charge in [-0.1, -0.05) is 6.07 Å². The van der Waals surface area contributed by atoms with Gasteiger partial charge in [0, 0.05) is 5.69 Å². The Kier molecular flexibility index (Phi) is 3.95. The molecule has 0 spiro atoms. The van der Waals surface area contributed by atoms with E-state index in [0.717, 1.165) is 0 Å². The lowest BCUT2D eigenvalue weighted by atomic mass is 10.1. The molecule has 2 rings (SSSR count). The number of carbonyl (C=O) groups excluding carboxylic acids is 1.